The third kappa shape index (κ3) is 2.44. The predicted molar refractivity (Wildman–Crippen MR) is 106 cm³/mol. The highest BCUT2D eigenvalue weighted by Crippen LogP contribution is 2.40. The van der Waals surface area contributed by atoms with Gasteiger partial charge in [-0.15, -0.1) is 5.10 Å². The van der Waals surface area contributed by atoms with Crippen LogP contribution >= 0.6 is 0 Å². The molecule has 1 atom stereocenters. The Kier molecular flexibility index (Phi) is 3.45. The molecular formula is C23H19N3. The van der Waals surface area contributed by atoms with Crippen LogP contribution in [-0.4, -0.2) is 15.0 Å². The van der Waals surface area contributed by atoms with E-state index in [1.54, 1.807) is 0 Å². The molecule has 0 saturated carbocycles. The molecule has 0 saturated heterocycles. The van der Waals surface area contributed by atoms with Crippen molar-refractivity contribution >= 4 is 22.8 Å². The lowest BCUT2D eigenvalue weighted by Crippen LogP contribution is -2.12. The molecule has 0 bridgehead atoms. The van der Waals surface area contributed by atoms with Crippen LogP contribution in [0.3, 0.4) is 0 Å². The van der Waals surface area contributed by atoms with Crippen LogP contribution in [0.1, 0.15) is 34.6 Å². The van der Waals surface area contributed by atoms with Gasteiger partial charge in [-0.1, -0.05) is 71.4 Å². The van der Waals surface area contributed by atoms with Gasteiger partial charge in [-0.25, -0.2) is 4.68 Å². The summed E-state index contributed by atoms with van der Waals surface area (Å²) in [5, 5.41) is 8.76. The Hall–Kier alpha value is -3.20. The zero-order valence-corrected chi connectivity index (χ0v) is 14.6. The lowest BCUT2D eigenvalue weighted by molar-refractivity contribution is 0.749. The van der Waals surface area contributed by atoms with Gasteiger partial charge in [0.25, 0.3) is 0 Å². The second-order valence-corrected chi connectivity index (χ2v) is 6.92. The average molecular weight is 337 g/mol. The van der Waals surface area contributed by atoms with Crippen molar-refractivity contribution in [3.05, 3.63) is 95.1 Å². The summed E-state index contributed by atoms with van der Waals surface area (Å²) in [6.07, 6.45) is 3.16. The quantitative estimate of drug-likeness (QED) is 0.499. The summed E-state index contributed by atoms with van der Waals surface area (Å²) in [7, 11) is 0. The Morgan fingerprint density at radius 2 is 1.65 bits per heavy atom. The largest absolute Gasteiger partial charge is 0.217 e. The SMILES string of the molecule is Cc1ccc(C2CC(n3nnc4ccccc43)=Cc3ccccc32)cc1. The number of rotatable bonds is 2. The molecule has 1 unspecified atom stereocenters. The molecule has 5 rings (SSSR count). The molecule has 1 aliphatic rings. The van der Waals surface area contributed by atoms with Crippen molar-refractivity contribution < 1.29 is 0 Å². The zero-order chi connectivity index (χ0) is 17.5. The third-order valence-electron chi connectivity index (χ3n) is 5.21. The molecule has 0 spiro atoms. The maximum absolute atomic E-state index is 4.43. The van der Waals surface area contributed by atoms with Crippen LogP contribution in [0.2, 0.25) is 0 Å². The van der Waals surface area contributed by atoms with Crippen LogP contribution in [0, 0.1) is 6.92 Å². The Labute approximate surface area is 152 Å². The van der Waals surface area contributed by atoms with Gasteiger partial charge in [0.2, 0.25) is 0 Å². The van der Waals surface area contributed by atoms with E-state index >= 15 is 0 Å². The third-order valence-corrected chi connectivity index (χ3v) is 5.21. The van der Waals surface area contributed by atoms with Gasteiger partial charge >= 0.3 is 0 Å². The highest BCUT2D eigenvalue weighted by atomic mass is 15.4. The first-order valence-electron chi connectivity index (χ1n) is 8.96. The Morgan fingerprint density at radius 1 is 0.885 bits per heavy atom. The molecule has 1 heterocycles. The lowest BCUT2D eigenvalue weighted by Gasteiger charge is -2.26. The van der Waals surface area contributed by atoms with Crippen molar-refractivity contribution in [2.45, 2.75) is 19.3 Å². The standard InChI is InChI=1S/C23H19N3/c1-16-10-12-17(13-11-16)21-15-19(14-18-6-2-3-7-20(18)21)26-23-9-5-4-8-22(23)24-25-26/h2-14,21H,15H2,1H3. The van der Waals surface area contributed by atoms with E-state index in [4.69, 9.17) is 0 Å². The highest BCUT2D eigenvalue weighted by Gasteiger charge is 2.24. The van der Waals surface area contributed by atoms with E-state index in [1.165, 1.54) is 28.0 Å². The molecule has 0 amide bonds. The van der Waals surface area contributed by atoms with Crippen LogP contribution in [0.5, 0.6) is 0 Å². The molecule has 4 aromatic rings. The van der Waals surface area contributed by atoms with E-state index in [9.17, 15) is 0 Å². The van der Waals surface area contributed by atoms with Crippen molar-refractivity contribution in [1.82, 2.24) is 15.0 Å². The first-order valence-corrected chi connectivity index (χ1v) is 8.96. The number of hydrogen-bond donors (Lipinski definition) is 0. The molecular weight excluding hydrogens is 318 g/mol. The molecule has 0 fully saturated rings. The van der Waals surface area contributed by atoms with Crippen molar-refractivity contribution in [3.63, 3.8) is 0 Å². The van der Waals surface area contributed by atoms with E-state index in [2.05, 4.69) is 77.9 Å². The van der Waals surface area contributed by atoms with E-state index < -0.39 is 0 Å². The molecule has 3 nitrogen and oxygen atoms in total. The van der Waals surface area contributed by atoms with Crippen molar-refractivity contribution in [1.29, 1.82) is 0 Å². The topological polar surface area (TPSA) is 30.7 Å². The molecule has 1 aliphatic carbocycles. The van der Waals surface area contributed by atoms with Crippen LogP contribution in [-0.2, 0) is 0 Å². The first kappa shape index (κ1) is 15.1. The van der Waals surface area contributed by atoms with Crippen molar-refractivity contribution in [3.8, 4) is 0 Å². The maximum Gasteiger partial charge on any atom is 0.113 e. The second kappa shape index (κ2) is 5.95. The number of fused-ring (bicyclic) bond motifs is 2. The molecule has 0 N–H and O–H groups in total. The second-order valence-electron chi connectivity index (χ2n) is 6.92. The van der Waals surface area contributed by atoms with E-state index in [1.807, 2.05) is 22.9 Å². The van der Waals surface area contributed by atoms with Crippen LogP contribution in [0.15, 0.2) is 72.8 Å². The summed E-state index contributed by atoms with van der Waals surface area (Å²) in [4.78, 5) is 0. The normalized spacial score (nSPS) is 16.3. The number of nitrogens with zero attached hydrogens (tertiary/aromatic N) is 3. The van der Waals surface area contributed by atoms with E-state index in [-0.39, 0.29) is 0 Å². The minimum atomic E-state index is 0.328. The Morgan fingerprint density at radius 3 is 2.54 bits per heavy atom. The fourth-order valence-electron chi connectivity index (χ4n) is 3.84. The van der Waals surface area contributed by atoms with E-state index in [0.717, 1.165) is 17.5 Å². The minimum Gasteiger partial charge on any atom is -0.217 e. The molecule has 26 heavy (non-hydrogen) atoms. The average Bonchev–Trinajstić information content (AvgIpc) is 3.12. The van der Waals surface area contributed by atoms with Gasteiger partial charge in [0.1, 0.15) is 5.52 Å². The summed E-state index contributed by atoms with van der Waals surface area (Å²) in [6, 6.07) is 25.7. The van der Waals surface area contributed by atoms with Crippen LogP contribution in [0.25, 0.3) is 22.8 Å². The lowest BCUT2D eigenvalue weighted by atomic mass is 9.81. The molecule has 3 heteroatoms. The number of para-hydroxylation sites is 1. The molecule has 0 aliphatic heterocycles. The predicted octanol–water partition coefficient (Wildman–Crippen LogP) is 5.27. The summed E-state index contributed by atoms with van der Waals surface area (Å²) in [5.74, 6) is 0.328. The first-order chi connectivity index (χ1) is 12.8. The molecule has 1 aromatic heterocycles. The van der Waals surface area contributed by atoms with Gasteiger partial charge in [0.15, 0.2) is 0 Å². The fourth-order valence-corrected chi connectivity index (χ4v) is 3.84. The number of hydrogen-bond acceptors (Lipinski definition) is 2. The number of aryl methyl sites for hydroxylation is 1. The summed E-state index contributed by atoms with van der Waals surface area (Å²) in [5.41, 5.74) is 8.44. The highest BCUT2D eigenvalue weighted by molar-refractivity contribution is 5.84. The van der Waals surface area contributed by atoms with Gasteiger partial charge in [-0.3, -0.25) is 0 Å². The summed E-state index contributed by atoms with van der Waals surface area (Å²) >= 11 is 0. The maximum atomic E-state index is 4.43. The molecule has 126 valence electrons. The number of benzene rings is 3. The molecule has 0 radical (unpaired) electrons. The van der Waals surface area contributed by atoms with Gasteiger partial charge in [0, 0.05) is 18.0 Å². The van der Waals surface area contributed by atoms with Crippen molar-refractivity contribution in [2.24, 2.45) is 0 Å². The van der Waals surface area contributed by atoms with Crippen LogP contribution in [0.4, 0.5) is 0 Å². The minimum absolute atomic E-state index is 0.328. The smallest absolute Gasteiger partial charge is 0.113 e. The molecule has 3 aromatic carbocycles. The zero-order valence-electron chi connectivity index (χ0n) is 14.6. The van der Waals surface area contributed by atoms with E-state index in [0.29, 0.717) is 5.92 Å². The Balaban J connectivity index is 1.66. The van der Waals surface area contributed by atoms with Gasteiger partial charge in [0.05, 0.1) is 5.52 Å². The monoisotopic (exact) mass is 337 g/mol. The van der Waals surface area contributed by atoms with Crippen LogP contribution < -0.4 is 0 Å². The summed E-state index contributed by atoms with van der Waals surface area (Å²) in [6.45, 7) is 2.13. The van der Waals surface area contributed by atoms with Gasteiger partial charge in [-0.2, -0.15) is 0 Å². The summed E-state index contributed by atoms with van der Waals surface area (Å²) < 4.78 is 1.99. The van der Waals surface area contributed by atoms with Crippen molar-refractivity contribution in [2.75, 3.05) is 0 Å². The fraction of sp³-hybridized carbons (Fsp3) is 0.130. The number of allylic oxidation sites excluding steroid dienone is 1. The number of aromatic nitrogens is 3. The van der Waals surface area contributed by atoms with Gasteiger partial charge < -0.3 is 0 Å². The Bertz CT molecular complexity index is 1120. The van der Waals surface area contributed by atoms with Gasteiger partial charge in [-0.05, 0) is 41.8 Å².